The van der Waals surface area contributed by atoms with Crippen LogP contribution in [0, 0.1) is 0 Å². The first kappa shape index (κ1) is 15.0. The fraction of sp³-hybridized carbons (Fsp3) is 0.429. The third-order valence-electron chi connectivity index (χ3n) is 2.83. The SMILES string of the molecule is CC(NC(=O)c1ncccc1O)c1nc(C(C)(C)C)no1. The average molecular weight is 290 g/mol. The Kier molecular flexibility index (Phi) is 3.93. The van der Waals surface area contributed by atoms with E-state index in [2.05, 4.69) is 20.4 Å². The van der Waals surface area contributed by atoms with E-state index < -0.39 is 11.9 Å². The molecule has 2 rings (SSSR count). The summed E-state index contributed by atoms with van der Waals surface area (Å²) >= 11 is 0. The van der Waals surface area contributed by atoms with Crippen molar-refractivity contribution in [1.29, 1.82) is 0 Å². The summed E-state index contributed by atoms with van der Waals surface area (Å²) in [6, 6.07) is 2.46. The predicted octanol–water partition coefficient (Wildman–Crippen LogP) is 1.96. The Bertz CT molecular complexity index is 646. The van der Waals surface area contributed by atoms with E-state index in [9.17, 15) is 9.90 Å². The van der Waals surface area contributed by atoms with Gasteiger partial charge in [0.05, 0.1) is 0 Å². The molecule has 2 aromatic rings. The van der Waals surface area contributed by atoms with Crippen LogP contribution in [0.15, 0.2) is 22.9 Å². The predicted molar refractivity (Wildman–Crippen MR) is 74.8 cm³/mol. The quantitative estimate of drug-likeness (QED) is 0.896. The molecule has 0 aliphatic heterocycles. The summed E-state index contributed by atoms with van der Waals surface area (Å²) in [5.74, 6) is 0.196. The second-order valence-electron chi connectivity index (χ2n) is 5.77. The molecule has 21 heavy (non-hydrogen) atoms. The van der Waals surface area contributed by atoms with Gasteiger partial charge < -0.3 is 14.9 Å². The highest BCUT2D eigenvalue weighted by Crippen LogP contribution is 2.21. The second-order valence-corrected chi connectivity index (χ2v) is 5.77. The topological polar surface area (TPSA) is 101 Å². The van der Waals surface area contributed by atoms with Gasteiger partial charge in [0.1, 0.15) is 11.8 Å². The lowest BCUT2D eigenvalue weighted by Crippen LogP contribution is -2.27. The molecule has 0 saturated carbocycles. The first-order valence-corrected chi connectivity index (χ1v) is 6.58. The van der Waals surface area contributed by atoms with Crippen molar-refractivity contribution in [1.82, 2.24) is 20.4 Å². The van der Waals surface area contributed by atoms with Gasteiger partial charge in [-0.15, -0.1) is 0 Å². The number of carbonyl (C=O) groups is 1. The Morgan fingerprint density at radius 2 is 2.14 bits per heavy atom. The Balaban J connectivity index is 2.11. The lowest BCUT2D eigenvalue weighted by Gasteiger charge is -2.12. The zero-order chi connectivity index (χ0) is 15.6. The number of aromatic hydroxyl groups is 1. The molecule has 2 heterocycles. The van der Waals surface area contributed by atoms with Crippen LogP contribution in [0.2, 0.25) is 0 Å². The normalized spacial score (nSPS) is 13.0. The number of nitrogens with zero attached hydrogens (tertiary/aromatic N) is 3. The van der Waals surface area contributed by atoms with E-state index in [1.54, 1.807) is 13.0 Å². The molecular formula is C14H18N4O3. The van der Waals surface area contributed by atoms with Crippen molar-refractivity contribution in [2.24, 2.45) is 0 Å². The number of hydrogen-bond acceptors (Lipinski definition) is 6. The highest BCUT2D eigenvalue weighted by molar-refractivity contribution is 5.94. The summed E-state index contributed by atoms with van der Waals surface area (Å²) in [4.78, 5) is 20.1. The fourth-order valence-corrected chi connectivity index (χ4v) is 1.61. The lowest BCUT2D eigenvalue weighted by atomic mass is 9.96. The maximum Gasteiger partial charge on any atom is 0.274 e. The van der Waals surface area contributed by atoms with Gasteiger partial charge in [-0.1, -0.05) is 25.9 Å². The van der Waals surface area contributed by atoms with E-state index in [1.165, 1.54) is 12.3 Å². The monoisotopic (exact) mass is 290 g/mol. The molecule has 0 spiro atoms. The molecule has 0 aliphatic rings. The Morgan fingerprint density at radius 1 is 1.43 bits per heavy atom. The Hall–Kier alpha value is -2.44. The van der Waals surface area contributed by atoms with Gasteiger partial charge >= 0.3 is 0 Å². The number of pyridine rings is 1. The van der Waals surface area contributed by atoms with Crippen LogP contribution in [0.1, 0.15) is 55.9 Å². The molecule has 1 atom stereocenters. The molecule has 2 aromatic heterocycles. The average Bonchev–Trinajstić information content (AvgIpc) is 2.88. The van der Waals surface area contributed by atoms with E-state index in [0.717, 1.165) is 0 Å². The third-order valence-corrected chi connectivity index (χ3v) is 2.83. The molecule has 0 aliphatic carbocycles. The van der Waals surface area contributed by atoms with Crippen molar-refractivity contribution in [3.05, 3.63) is 35.7 Å². The molecule has 7 nitrogen and oxygen atoms in total. The van der Waals surface area contributed by atoms with Crippen molar-refractivity contribution in [2.75, 3.05) is 0 Å². The van der Waals surface area contributed by atoms with Crippen molar-refractivity contribution >= 4 is 5.91 Å². The summed E-state index contributed by atoms with van der Waals surface area (Å²) in [6.45, 7) is 7.63. The van der Waals surface area contributed by atoms with Crippen LogP contribution in [0.25, 0.3) is 0 Å². The molecular weight excluding hydrogens is 272 g/mol. The van der Waals surface area contributed by atoms with Crippen molar-refractivity contribution in [2.45, 2.75) is 39.2 Å². The van der Waals surface area contributed by atoms with Gasteiger partial charge in [-0.25, -0.2) is 4.98 Å². The van der Waals surface area contributed by atoms with Crippen molar-refractivity contribution in [3.8, 4) is 5.75 Å². The first-order chi connectivity index (χ1) is 9.79. The molecule has 0 saturated heterocycles. The summed E-state index contributed by atoms with van der Waals surface area (Å²) in [5.41, 5.74) is -0.273. The van der Waals surface area contributed by atoms with E-state index in [1.807, 2.05) is 20.8 Å². The summed E-state index contributed by atoms with van der Waals surface area (Å²) in [7, 11) is 0. The zero-order valence-corrected chi connectivity index (χ0v) is 12.4. The largest absolute Gasteiger partial charge is 0.505 e. The molecule has 112 valence electrons. The zero-order valence-electron chi connectivity index (χ0n) is 12.4. The minimum Gasteiger partial charge on any atom is -0.505 e. The fourth-order valence-electron chi connectivity index (χ4n) is 1.61. The van der Waals surface area contributed by atoms with Crippen LogP contribution in [0.5, 0.6) is 5.75 Å². The number of amides is 1. The first-order valence-electron chi connectivity index (χ1n) is 6.58. The van der Waals surface area contributed by atoms with Crippen molar-refractivity contribution in [3.63, 3.8) is 0 Å². The van der Waals surface area contributed by atoms with Crippen molar-refractivity contribution < 1.29 is 14.4 Å². The van der Waals surface area contributed by atoms with Gasteiger partial charge in [0.2, 0.25) is 5.89 Å². The van der Waals surface area contributed by atoms with E-state index in [4.69, 9.17) is 4.52 Å². The number of rotatable bonds is 3. The Labute approximate surface area is 122 Å². The summed E-state index contributed by atoms with van der Waals surface area (Å²) < 4.78 is 5.16. The number of nitrogens with one attached hydrogen (secondary N) is 1. The minimum absolute atomic E-state index is 0.0417. The van der Waals surface area contributed by atoms with Crippen LogP contribution in [0.3, 0.4) is 0 Å². The van der Waals surface area contributed by atoms with Gasteiger partial charge in [-0.05, 0) is 19.1 Å². The van der Waals surface area contributed by atoms with Gasteiger partial charge in [-0.2, -0.15) is 4.98 Å². The van der Waals surface area contributed by atoms with Crippen LogP contribution < -0.4 is 5.32 Å². The van der Waals surface area contributed by atoms with Crippen LogP contribution in [-0.4, -0.2) is 26.1 Å². The Morgan fingerprint density at radius 3 is 2.71 bits per heavy atom. The van der Waals surface area contributed by atoms with Gasteiger partial charge in [-0.3, -0.25) is 4.79 Å². The molecule has 0 aromatic carbocycles. The van der Waals surface area contributed by atoms with Gasteiger partial charge in [0.15, 0.2) is 11.5 Å². The maximum atomic E-state index is 12.0. The van der Waals surface area contributed by atoms with E-state index >= 15 is 0 Å². The van der Waals surface area contributed by atoms with Gasteiger partial charge in [0, 0.05) is 11.6 Å². The number of aromatic nitrogens is 3. The highest BCUT2D eigenvalue weighted by Gasteiger charge is 2.24. The number of hydrogen-bond donors (Lipinski definition) is 2. The van der Waals surface area contributed by atoms with E-state index in [-0.39, 0.29) is 16.9 Å². The standard InChI is InChI=1S/C14H18N4O3/c1-8(12-17-13(18-21-12)14(2,3)4)16-11(20)10-9(19)6-5-7-15-10/h5-8,19H,1-4H3,(H,16,20). The molecule has 1 amide bonds. The maximum absolute atomic E-state index is 12.0. The van der Waals surface area contributed by atoms with Crippen LogP contribution in [0.4, 0.5) is 0 Å². The van der Waals surface area contributed by atoms with Crippen LogP contribution in [-0.2, 0) is 5.41 Å². The summed E-state index contributed by atoms with van der Waals surface area (Å²) in [6.07, 6.45) is 1.43. The highest BCUT2D eigenvalue weighted by atomic mass is 16.5. The van der Waals surface area contributed by atoms with E-state index in [0.29, 0.717) is 11.7 Å². The molecule has 1 unspecified atom stereocenters. The van der Waals surface area contributed by atoms with Crippen LogP contribution >= 0.6 is 0 Å². The minimum atomic E-state index is -0.504. The third kappa shape index (κ3) is 3.36. The molecule has 0 radical (unpaired) electrons. The number of carbonyl (C=O) groups excluding carboxylic acids is 1. The molecule has 0 bridgehead atoms. The smallest absolute Gasteiger partial charge is 0.274 e. The summed E-state index contributed by atoms with van der Waals surface area (Å²) in [5, 5.41) is 16.2. The molecule has 2 N–H and O–H groups in total. The molecule has 7 heteroatoms. The lowest BCUT2D eigenvalue weighted by molar-refractivity contribution is 0.0924. The molecule has 0 fully saturated rings. The second kappa shape index (κ2) is 5.51. The van der Waals surface area contributed by atoms with Gasteiger partial charge in [0.25, 0.3) is 5.91 Å².